The van der Waals surface area contributed by atoms with Gasteiger partial charge in [-0.2, -0.15) is 0 Å². The Morgan fingerprint density at radius 1 is 0.550 bits per heavy atom. The molecule has 8 unspecified atom stereocenters. The summed E-state index contributed by atoms with van der Waals surface area (Å²) in [6, 6.07) is 15.1. The van der Waals surface area contributed by atoms with Crippen molar-refractivity contribution in [2.75, 3.05) is 10.6 Å². The molecule has 8 atom stereocenters. The summed E-state index contributed by atoms with van der Waals surface area (Å²) < 4.78 is 13.5. The van der Waals surface area contributed by atoms with Gasteiger partial charge in [0.05, 0.1) is 0 Å². The summed E-state index contributed by atoms with van der Waals surface area (Å²) >= 11 is 0.360. The van der Waals surface area contributed by atoms with Crippen LogP contribution in [0.5, 0.6) is 0 Å². The average molecular weight is 674 g/mol. The van der Waals surface area contributed by atoms with Crippen LogP contribution in [-0.2, 0) is 28.7 Å². The van der Waals surface area contributed by atoms with E-state index in [1.165, 1.54) is 0 Å². The van der Waals surface area contributed by atoms with Crippen molar-refractivity contribution in [2.45, 2.75) is 24.4 Å². The first-order chi connectivity index (χ1) is 19.3. The van der Waals surface area contributed by atoms with Gasteiger partial charge < -0.3 is 0 Å². The molecule has 206 valence electrons. The summed E-state index contributed by atoms with van der Waals surface area (Å²) in [5.41, 5.74) is 1.21. The number of carboxylic acids is 2. The van der Waals surface area contributed by atoms with Crippen molar-refractivity contribution in [3.63, 3.8) is 0 Å². The molecule has 12 heteroatoms. The number of amides is 2. The molecule has 0 spiro atoms. The third kappa shape index (κ3) is 5.14. The van der Waals surface area contributed by atoms with Crippen LogP contribution in [0.15, 0.2) is 72.8 Å². The number of fused-ring (bicyclic) bond motifs is 4. The maximum atomic E-state index is 12.8. The van der Waals surface area contributed by atoms with Crippen LogP contribution in [0, 0.1) is 23.7 Å². The zero-order valence-electron chi connectivity index (χ0n) is 20.7. The second-order valence-corrected chi connectivity index (χ2v) is 16.2. The van der Waals surface area contributed by atoms with Crippen molar-refractivity contribution in [2.24, 2.45) is 23.7 Å². The second kappa shape index (κ2) is 11.0. The molecule has 4 heterocycles. The molecule has 2 amide bonds. The summed E-state index contributed by atoms with van der Waals surface area (Å²) in [6.07, 6.45) is 4.77. The third-order valence-corrected chi connectivity index (χ3v) is 14.7. The number of hydrogen-bond acceptors (Lipinski definition) is 6. The Balaban J connectivity index is 1.00. The number of carbonyl (C=O) groups excluding carboxylic acids is 2. The number of benzene rings is 2. The van der Waals surface area contributed by atoms with E-state index < -0.39 is 60.0 Å². The molecule has 0 radical (unpaired) electrons. The van der Waals surface area contributed by atoms with Gasteiger partial charge in [0.1, 0.15) is 0 Å². The first-order valence-electron chi connectivity index (χ1n) is 12.6. The van der Waals surface area contributed by atoms with Crippen LogP contribution in [0.1, 0.15) is 0 Å². The molecule has 10 nitrogen and oxygen atoms in total. The van der Waals surface area contributed by atoms with Gasteiger partial charge in [-0.15, -0.1) is 0 Å². The van der Waals surface area contributed by atoms with Crippen molar-refractivity contribution >= 4 is 70.3 Å². The number of carbonyl (C=O) groups is 4. The van der Waals surface area contributed by atoms with E-state index in [0.29, 0.717) is 11.4 Å². The fourth-order valence-electron chi connectivity index (χ4n) is 5.57. The van der Waals surface area contributed by atoms with Gasteiger partial charge in [-0.3, -0.25) is 0 Å². The molecule has 0 aliphatic carbocycles. The fraction of sp³-hybridized carbons (Fsp3) is 0.286. The van der Waals surface area contributed by atoms with Crippen LogP contribution in [-0.4, -0.2) is 84.6 Å². The van der Waals surface area contributed by atoms with E-state index in [-0.39, 0.29) is 38.1 Å². The molecular formula is C28H24N2O8Se2. The molecule has 2 aromatic rings. The first-order valence-corrected chi connectivity index (χ1v) is 18.6. The number of ether oxygens (including phenoxy) is 2. The molecule has 0 saturated carbocycles. The Labute approximate surface area is 240 Å². The molecule has 6 rings (SSSR count). The molecule has 4 N–H and O–H groups in total. The summed E-state index contributed by atoms with van der Waals surface area (Å²) in [6.45, 7) is 0. The average Bonchev–Trinajstić information content (AvgIpc) is 3.74. The number of carboxylic acid groups (broad SMARTS) is 2. The summed E-state index contributed by atoms with van der Waals surface area (Å²) in [5, 5.41) is 24.7. The molecule has 4 bridgehead atoms. The van der Waals surface area contributed by atoms with Crippen LogP contribution >= 0.6 is 0 Å². The van der Waals surface area contributed by atoms with Crippen LogP contribution in [0.2, 0.25) is 0 Å². The quantitative estimate of drug-likeness (QED) is 0.217. The number of hydrogen-bond donors (Lipinski definition) is 4. The van der Waals surface area contributed by atoms with Crippen LogP contribution < -0.4 is 19.6 Å². The van der Waals surface area contributed by atoms with Crippen LogP contribution in [0.25, 0.3) is 0 Å². The van der Waals surface area contributed by atoms with E-state index in [0.717, 1.165) is 8.92 Å². The first kappa shape index (κ1) is 27.0. The van der Waals surface area contributed by atoms with E-state index in [1.54, 1.807) is 24.3 Å². The molecule has 4 aliphatic rings. The molecule has 4 aliphatic heterocycles. The number of nitrogens with one attached hydrogen (secondary N) is 2. The molecular weight excluding hydrogens is 650 g/mol. The van der Waals surface area contributed by atoms with E-state index in [9.17, 15) is 29.4 Å². The van der Waals surface area contributed by atoms with Gasteiger partial charge in [0.2, 0.25) is 0 Å². The zero-order chi connectivity index (χ0) is 28.0. The Kier molecular flexibility index (Phi) is 7.39. The summed E-state index contributed by atoms with van der Waals surface area (Å²) in [4.78, 5) is 48.9. The third-order valence-electron chi connectivity index (χ3n) is 7.45. The predicted molar refractivity (Wildman–Crippen MR) is 146 cm³/mol. The molecule has 40 heavy (non-hydrogen) atoms. The van der Waals surface area contributed by atoms with Crippen molar-refractivity contribution in [3.05, 3.63) is 72.8 Å². The van der Waals surface area contributed by atoms with Crippen molar-refractivity contribution < 1.29 is 38.9 Å². The topological polar surface area (TPSA) is 151 Å². The predicted octanol–water partition coefficient (Wildman–Crippen LogP) is 0.146. The van der Waals surface area contributed by atoms with Gasteiger partial charge in [0.15, 0.2) is 0 Å². The SMILES string of the molecule is O=C(O)C1C2C=CC(O2)C1C(=O)Nc1ccc([Se][Se]c2ccc(NC(=O)C3C4C=CC(O4)C3C(=O)O)cc2)cc1. The maximum absolute atomic E-state index is 12.8. The Morgan fingerprint density at radius 2 is 0.875 bits per heavy atom. The van der Waals surface area contributed by atoms with Crippen LogP contribution in [0.3, 0.4) is 0 Å². The van der Waals surface area contributed by atoms with Crippen molar-refractivity contribution in [1.82, 2.24) is 0 Å². The second-order valence-electron chi connectivity index (χ2n) is 9.87. The van der Waals surface area contributed by atoms with Crippen molar-refractivity contribution in [1.29, 1.82) is 0 Å². The number of aliphatic carboxylic acids is 2. The Hall–Kier alpha value is -3.24. The Morgan fingerprint density at radius 3 is 1.20 bits per heavy atom. The summed E-state index contributed by atoms with van der Waals surface area (Å²) in [5.74, 6) is -6.08. The van der Waals surface area contributed by atoms with E-state index >= 15 is 0 Å². The minimum absolute atomic E-state index is 0.180. The van der Waals surface area contributed by atoms with E-state index in [2.05, 4.69) is 10.6 Å². The van der Waals surface area contributed by atoms with Gasteiger partial charge in [0.25, 0.3) is 0 Å². The molecule has 2 fully saturated rings. The minimum atomic E-state index is -1.04. The van der Waals surface area contributed by atoms with E-state index in [4.69, 9.17) is 9.47 Å². The van der Waals surface area contributed by atoms with E-state index in [1.807, 2.05) is 48.5 Å². The zero-order valence-corrected chi connectivity index (χ0v) is 24.1. The van der Waals surface area contributed by atoms with Gasteiger partial charge in [-0.25, -0.2) is 0 Å². The molecule has 2 saturated heterocycles. The monoisotopic (exact) mass is 676 g/mol. The standard InChI is InChI=1S/C28H24N2O8Se2/c31-25(21-17-9-11-19(37-17)23(21)27(33)34)29-13-1-5-15(6-2-13)39-40-16-7-3-14(4-8-16)30-26(32)22-18-10-12-20(38-18)24(22)28(35)36/h1-12,17-24H,(H,29,31)(H,30,32)(H,33,34)(H,35,36). The number of anilines is 2. The summed E-state index contributed by atoms with van der Waals surface area (Å²) in [7, 11) is 0. The van der Waals surface area contributed by atoms with Crippen molar-refractivity contribution in [3.8, 4) is 0 Å². The molecule has 0 aromatic heterocycles. The fourth-order valence-corrected chi connectivity index (χ4v) is 11.5. The Bertz CT molecular complexity index is 1300. The van der Waals surface area contributed by atoms with Crippen LogP contribution in [0.4, 0.5) is 11.4 Å². The van der Waals surface area contributed by atoms with Gasteiger partial charge >= 0.3 is 241 Å². The van der Waals surface area contributed by atoms with Gasteiger partial charge in [-0.1, -0.05) is 0 Å². The van der Waals surface area contributed by atoms with Gasteiger partial charge in [0, 0.05) is 0 Å². The molecule has 2 aromatic carbocycles. The van der Waals surface area contributed by atoms with Gasteiger partial charge in [-0.05, 0) is 0 Å². The number of rotatable bonds is 9. The normalized spacial score (nSPS) is 30.9.